The maximum atomic E-state index is 6.53. The Hall–Kier alpha value is -1.64. The van der Waals surface area contributed by atoms with E-state index in [9.17, 15) is 0 Å². The molecule has 0 fully saturated rings. The van der Waals surface area contributed by atoms with Crippen LogP contribution < -0.4 is 5.73 Å². The maximum absolute atomic E-state index is 6.53. The molecule has 2 N–H and O–H groups in total. The van der Waals surface area contributed by atoms with Gasteiger partial charge in [-0.25, -0.2) is 0 Å². The minimum Gasteiger partial charge on any atom is -0.320 e. The van der Waals surface area contributed by atoms with Crippen molar-refractivity contribution in [1.82, 2.24) is 0 Å². The normalized spacial score (nSPS) is 12.6. The van der Waals surface area contributed by atoms with Crippen LogP contribution in [0.4, 0.5) is 0 Å². The summed E-state index contributed by atoms with van der Waals surface area (Å²) in [7, 11) is 0. The van der Waals surface area contributed by atoms with Crippen molar-refractivity contribution >= 4 is 26.7 Å². The standard InChI is InChI=1S/C18H16BrN/c1-12-9-10-13-5-2-3-8-16(13)17(12)18(20)14-6-4-7-15(19)11-14/h2-11,18H,20H2,1H3. The lowest BCUT2D eigenvalue weighted by molar-refractivity contribution is 0.870. The minimum atomic E-state index is -0.112. The van der Waals surface area contributed by atoms with E-state index in [0.717, 1.165) is 10.0 Å². The zero-order valence-corrected chi connectivity index (χ0v) is 12.9. The molecule has 20 heavy (non-hydrogen) atoms. The second kappa shape index (κ2) is 5.39. The van der Waals surface area contributed by atoms with Crippen molar-refractivity contribution in [2.24, 2.45) is 5.73 Å². The molecule has 1 nitrogen and oxygen atoms in total. The molecular formula is C18H16BrN. The Morgan fingerprint density at radius 1 is 0.950 bits per heavy atom. The monoisotopic (exact) mass is 325 g/mol. The van der Waals surface area contributed by atoms with Crippen LogP contribution in [0.1, 0.15) is 22.7 Å². The van der Waals surface area contributed by atoms with Crippen molar-refractivity contribution in [2.75, 3.05) is 0 Å². The number of fused-ring (bicyclic) bond motifs is 1. The Morgan fingerprint density at radius 3 is 2.55 bits per heavy atom. The number of benzene rings is 3. The smallest absolute Gasteiger partial charge is 0.0560 e. The molecule has 0 aliphatic heterocycles. The molecule has 0 aromatic heterocycles. The molecule has 0 aliphatic rings. The van der Waals surface area contributed by atoms with Gasteiger partial charge in [-0.1, -0.05) is 64.5 Å². The number of hydrogen-bond donors (Lipinski definition) is 1. The number of rotatable bonds is 2. The fourth-order valence-electron chi connectivity index (χ4n) is 2.68. The van der Waals surface area contributed by atoms with Crippen LogP contribution in [-0.2, 0) is 0 Å². The molecule has 0 heterocycles. The van der Waals surface area contributed by atoms with Gasteiger partial charge in [0, 0.05) is 4.47 Å². The third-order valence-corrected chi connectivity index (χ3v) is 4.20. The van der Waals surface area contributed by atoms with Crippen LogP contribution in [-0.4, -0.2) is 0 Å². The first-order valence-electron chi connectivity index (χ1n) is 6.66. The highest BCUT2D eigenvalue weighted by Crippen LogP contribution is 2.31. The highest BCUT2D eigenvalue weighted by Gasteiger charge is 2.14. The van der Waals surface area contributed by atoms with Crippen LogP contribution >= 0.6 is 15.9 Å². The number of nitrogens with two attached hydrogens (primary N) is 1. The van der Waals surface area contributed by atoms with Gasteiger partial charge in [0.15, 0.2) is 0 Å². The van der Waals surface area contributed by atoms with Crippen LogP contribution in [0.5, 0.6) is 0 Å². The summed E-state index contributed by atoms with van der Waals surface area (Å²) in [5.41, 5.74) is 10.1. The molecular weight excluding hydrogens is 310 g/mol. The average molecular weight is 326 g/mol. The zero-order valence-electron chi connectivity index (χ0n) is 11.3. The molecule has 3 aromatic rings. The molecule has 0 saturated carbocycles. The quantitative estimate of drug-likeness (QED) is 0.708. The Kier molecular flexibility index (Phi) is 3.60. The van der Waals surface area contributed by atoms with Crippen LogP contribution in [0.3, 0.4) is 0 Å². The summed E-state index contributed by atoms with van der Waals surface area (Å²) in [6.45, 7) is 2.12. The van der Waals surface area contributed by atoms with Crippen molar-refractivity contribution in [3.63, 3.8) is 0 Å². The first kappa shape index (κ1) is 13.3. The second-order valence-electron chi connectivity index (χ2n) is 5.05. The van der Waals surface area contributed by atoms with Crippen LogP contribution in [0.15, 0.2) is 65.1 Å². The van der Waals surface area contributed by atoms with E-state index >= 15 is 0 Å². The fraction of sp³-hybridized carbons (Fsp3) is 0.111. The van der Waals surface area contributed by atoms with Crippen LogP contribution in [0.25, 0.3) is 10.8 Å². The van der Waals surface area contributed by atoms with Crippen molar-refractivity contribution in [1.29, 1.82) is 0 Å². The molecule has 0 saturated heterocycles. The first-order valence-corrected chi connectivity index (χ1v) is 7.45. The van der Waals surface area contributed by atoms with Crippen molar-refractivity contribution < 1.29 is 0 Å². The van der Waals surface area contributed by atoms with Crippen LogP contribution in [0.2, 0.25) is 0 Å². The molecule has 2 heteroatoms. The van der Waals surface area contributed by atoms with Crippen molar-refractivity contribution in [3.05, 3.63) is 81.8 Å². The van der Waals surface area contributed by atoms with E-state index in [-0.39, 0.29) is 6.04 Å². The molecule has 0 aliphatic carbocycles. The van der Waals surface area contributed by atoms with Gasteiger partial charge in [-0.05, 0) is 46.5 Å². The number of halogens is 1. The third kappa shape index (κ3) is 2.37. The molecule has 0 radical (unpaired) electrons. The van der Waals surface area contributed by atoms with E-state index in [2.05, 4.69) is 71.4 Å². The lowest BCUT2D eigenvalue weighted by Crippen LogP contribution is -2.13. The molecule has 100 valence electrons. The van der Waals surface area contributed by atoms with Gasteiger partial charge in [-0.15, -0.1) is 0 Å². The van der Waals surface area contributed by atoms with E-state index < -0.39 is 0 Å². The van der Waals surface area contributed by atoms with Gasteiger partial charge in [-0.2, -0.15) is 0 Å². The van der Waals surface area contributed by atoms with Gasteiger partial charge in [-0.3, -0.25) is 0 Å². The Bertz CT molecular complexity index is 764. The van der Waals surface area contributed by atoms with E-state index in [1.54, 1.807) is 0 Å². The van der Waals surface area contributed by atoms with Gasteiger partial charge in [0.2, 0.25) is 0 Å². The second-order valence-corrected chi connectivity index (χ2v) is 5.97. The van der Waals surface area contributed by atoms with Crippen LogP contribution in [0, 0.1) is 6.92 Å². The lowest BCUT2D eigenvalue weighted by Gasteiger charge is -2.18. The summed E-state index contributed by atoms with van der Waals surface area (Å²) in [6, 6.07) is 20.8. The van der Waals surface area contributed by atoms with Crippen molar-refractivity contribution in [2.45, 2.75) is 13.0 Å². The van der Waals surface area contributed by atoms with Gasteiger partial charge < -0.3 is 5.73 Å². The topological polar surface area (TPSA) is 26.0 Å². The largest absolute Gasteiger partial charge is 0.320 e. The summed E-state index contributed by atoms with van der Waals surface area (Å²) in [5, 5.41) is 2.47. The van der Waals surface area contributed by atoms with E-state index in [4.69, 9.17) is 5.73 Å². The number of hydrogen-bond acceptors (Lipinski definition) is 1. The Morgan fingerprint density at radius 2 is 1.75 bits per heavy atom. The summed E-state index contributed by atoms with van der Waals surface area (Å²) in [6.07, 6.45) is 0. The maximum Gasteiger partial charge on any atom is 0.0560 e. The van der Waals surface area contributed by atoms with E-state index in [1.165, 1.54) is 21.9 Å². The van der Waals surface area contributed by atoms with Gasteiger partial charge in [0.05, 0.1) is 6.04 Å². The highest BCUT2D eigenvalue weighted by molar-refractivity contribution is 9.10. The Balaban J connectivity index is 2.21. The highest BCUT2D eigenvalue weighted by atomic mass is 79.9. The minimum absolute atomic E-state index is 0.112. The first-order chi connectivity index (χ1) is 9.66. The molecule has 1 atom stereocenters. The molecule has 0 amide bonds. The lowest BCUT2D eigenvalue weighted by atomic mass is 9.91. The predicted molar refractivity (Wildman–Crippen MR) is 88.9 cm³/mol. The molecule has 0 spiro atoms. The SMILES string of the molecule is Cc1ccc2ccccc2c1C(N)c1cccc(Br)c1. The average Bonchev–Trinajstić information content (AvgIpc) is 2.46. The summed E-state index contributed by atoms with van der Waals surface area (Å²) < 4.78 is 1.06. The van der Waals surface area contributed by atoms with Gasteiger partial charge in [0.1, 0.15) is 0 Å². The summed E-state index contributed by atoms with van der Waals surface area (Å²) in [5.74, 6) is 0. The fourth-order valence-corrected chi connectivity index (χ4v) is 3.10. The van der Waals surface area contributed by atoms with E-state index in [0.29, 0.717) is 0 Å². The van der Waals surface area contributed by atoms with Gasteiger partial charge in [0.25, 0.3) is 0 Å². The molecule has 0 bridgehead atoms. The molecule has 3 rings (SSSR count). The zero-order chi connectivity index (χ0) is 14.1. The number of aryl methyl sites for hydroxylation is 1. The third-order valence-electron chi connectivity index (χ3n) is 3.71. The molecule has 1 unspecified atom stereocenters. The molecule has 3 aromatic carbocycles. The summed E-state index contributed by atoms with van der Waals surface area (Å²) >= 11 is 3.52. The summed E-state index contributed by atoms with van der Waals surface area (Å²) in [4.78, 5) is 0. The van der Waals surface area contributed by atoms with E-state index in [1.807, 2.05) is 12.1 Å². The van der Waals surface area contributed by atoms with Gasteiger partial charge >= 0.3 is 0 Å². The predicted octanol–water partition coefficient (Wildman–Crippen LogP) is 4.96. The van der Waals surface area contributed by atoms with Crippen molar-refractivity contribution in [3.8, 4) is 0 Å². The Labute approximate surface area is 127 Å².